The van der Waals surface area contributed by atoms with E-state index < -0.39 is 0 Å². The molecular weight excluding hydrogens is 490 g/mol. The minimum atomic E-state index is -0.145. The van der Waals surface area contributed by atoms with Gasteiger partial charge in [-0.25, -0.2) is 9.97 Å². The Morgan fingerprint density at radius 1 is 1.08 bits per heavy atom. The Bertz CT molecular complexity index is 1360. The molecule has 0 unspecified atom stereocenters. The lowest BCUT2D eigenvalue weighted by atomic mass is 10.00. The van der Waals surface area contributed by atoms with Gasteiger partial charge in [0, 0.05) is 50.0 Å². The maximum atomic E-state index is 13.3. The highest BCUT2D eigenvalue weighted by atomic mass is 35.5. The van der Waals surface area contributed by atoms with E-state index in [1.807, 2.05) is 35.2 Å². The molecule has 190 valence electrons. The second kappa shape index (κ2) is 10.1. The number of hydrogen-bond donors (Lipinski definition) is 1. The molecule has 6 rings (SSSR count). The van der Waals surface area contributed by atoms with Crippen LogP contribution in [-0.2, 0) is 29.0 Å². The topological polar surface area (TPSA) is 87.7 Å². The van der Waals surface area contributed by atoms with Crippen molar-refractivity contribution in [1.29, 1.82) is 0 Å². The number of benzene rings is 2. The monoisotopic (exact) mass is 517 g/mol. The van der Waals surface area contributed by atoms with Gasteiger partial charge in [-0.3, -0.25) is 9.59 Å². The maximum Gasteiger partial charge on any atom is 0.254 e. The summed E-state index contributed by atoms with van der Waals surface area (Å²) in [6.07, 6.45) is 4.22. The number of carbonyl (C=O) groups excluding carboxylic acids is 2. The van der Waals surface area contributed by atoms with Gasteiger partial charge >= 0.3 is 0 Å². The van der Waals surface area contributed by atoms with Crippen LogP contribution in [0.1, 0.15) is 39.9 Å². The first-order valence-corrected chi connectivity index (χ1v) is 13.1. The number of rotatable bonds is 5. The van der Waals surface area contributed by atoms with Gasteiger partial charge in [0.2, 0.25) is 11.9 Å². The lowest BCUT2D eigenvalue weighted by Gasteiger charge is -2.30. The lowest BCUT2D eigenvalue weighted by molar-refractivity contribution is -0.132. The van der Waals surface area contributed by atoms with Gasteiger partial charge in [0.25, 0.3) is 5.91 Å². The molecule has 1 fully saturated rings. The van der Waals surface area contributed by atoms with Crippen molar-refractivity contribution < 1.29 is 14.3 Å². The molecule has 37 heavy (non-hydrogen) atoms. The third-order valence-corrected chi connectivity index (χ3v) is 7.65. The second-order valence-corrected chi connectivity index (χ2v) is 10.2. The molecule has 1 aromatic heterocycles. The number of nitrogens with one attached hydrogen (secondary N) is 1. The summed E-state index contributed by atoms with van der Waals surface area (Å²) in [5, 5.41) is 3.78. The van der Waals surface area contributed by atoms with E-state index in [0.717, 1.165) is 43.6 Å². The molecule has 9 heteroatoms. The summed E-state index contributed by atoms with van der Waals surface area (Å²) in [6, 6.07) is 14.1. The fraction of sp³-hybridized carbons (Fsp3) is 0.357. The minimum absolute atomic E-state index is 0.0291. The van der Waals surface area contributed by atoms with Gasteiger partial charge in [0.05, 0.1) is 16.9 Å². The zero-order valence-corrected chi connectivity index (χ0v) is 21.2. The van der Waals surface area contributed by atoms with Crippen LogP contribution >= 0.6 is 11.6 Å². The Morgan fingerprint density at radius 3 is 2.73 bits per heavy atom. The van der Waals surface area contributed by atoms with E-state index >= 15 is 0 Å². The number of hydrogen-bond acceptors (Lipinski definition) is 6. The third kappa shape index (κ3) is 4.91. The van der Waals surface area contributed by atoms with Crippen molar-refractivity contribution in [2.24, 2.45) is 0 Å². The number of nitrogens with zero attached hydrogens (tertiary/aromatic N) is 4. The molecular formula is C28H28ClN5O3. The smallest absolute Gasteiger partial charge is 0.254 e. The van der Waals surface area contributed by atoms with Crippen molar-refractivity contribution >= 4 is 29.4 Å². The summed E-state index contributed by atoms with van der Waals surface area (Å²) < 4.78 is 5.42. The SMILES string of the molecule is O=C(CN1Cc2ccc(-c3nc(NC4CCOCC4)ncc3Cl)cc2C1=O)N1CCc2ccccc2C1. The molecule has 0 radical (unpaired) electrons. The third-order valence-electron chi connectivity index (χ3n) is 7.37. The quantitative estimate of drug-likeness (QED) is 0.552. The van der Waals surface area contributed by atoms with Crippen LogP contribution in [0.3, 0.4) is 0 Å². The Hall–Kier alpha value is -3.49. The molecule has 3 aliphatic heterocycles. The van der Waals surface area contributed by atoms with Crippen molar-refractivity contribution in [2.75, 3.05) is 31.6 Å². The number of aromatic nitrogens is 2. The summed E-state index contributed by atoms with van der Waals surface area (Å²) in [7, 11) is 0. The number of fused-ring (bicyclic) bond motifs is 2. The van der Waals surface area contributed by atoms with Crippen LogP contribution in [0.5, 0.6) is 0 Å². The number of anilines is 1. The summed E-state index contributed by atoms with van der Waals surface area (Å²) in [5.41, 5.74) is 5.27. The fourth-order valence-electron chi connectivity index (χ4n) is 5.27. The van der Waals surface area contributed by atoms with Crippen LogP contribution in [0, 0.1) is 0 Å². The van der Waals surface area contributed by atoms with Crippen molar-refractivity contribution in [3.63, 3.8) is 0 Å². The second-order valence-electron chi connectivity index (χ2n) is 9.79. The van der Waals surface area contributed by atoms with E-state index in [2.05, 4.69) is 27.4 Å². The van der Waals surface area contributed by atoms with E-state index in [1.54, 1.807) is 11.1 Å². The Balaban J connectivity index is 1.16. The largest absolute Gasteiger partial charge is 0.381 e. The molecule has 8 nitrogen and oxygen atoms in total. The van der Waals surface area contributed by atoms with Crippen molar-refractivity contribution in [3.8, 4) is 11.3 Å². The average Bonchev–Trinajstić information content (AvgIpc) is 3.24. The van der Waals surface area contributed by atoms with Crippen LogP contribution in [0.25, 0.3) is 11.3 Å². The molecule has 0 spiro atoms. The Labute approximate surface area is 220 Å². The Kier molecular flexibility index (Phi) is 6.52. The highest BCUT2D eigenvalue weighted by Crippen LogP contribution is 2.32. The number of carbonyl (C=O) groups is 2. The lowest BCUT2D eigenvalue weighted by Crippen LogP contribution is -2.42. The van der Waals surface area contributed by atoms with E-state index in [1.165, 1.54) is 11.1 Å². The van der Waals surface area contributed by atoms with Crippen molar-refractivity contribution in [2.45, 2.75) is 38.4 Å². The predicted octanol–water partition coefficient (Wildman–Crippen LogP) is 3.93. The van der Waals surface area contributed by atoms with Crippen LogP contribution < -0.4 is 5.32 Å². The van der Waals surface area contributed by atoms with Crippen LogP contribution in [0.2, 0.25) is 5.02 Å². The standard InChI is InChI=1S/C28H28ClN5O3/c29-24-14-30-28(31-22-8-11-37-12-9-22)32-26(24)19-5-6-21-16-34(27(36)23(21)13-19)17-25(35)33-10-7-18-3-1-2-4-20(18)15-33/h1-6,13-14,22H,7-12,15-17H2,(H,30,31,32). The summed E-state index contributed by atoms with van der Waals surface area (Å²) in [4.78, 5) is 38.8. The van der Waals surface area contributed by atoms with E-state index in [-0.39, 0.29) is 24.4 Å². The van der Waals surface area contributed by atoms with Gasteiger partial charge in [-0.05, 0) is 42.0 Å². The minimum Gasteiger partial charge on any atom is -0.381 e. The molecule has 1 N–H and O–H groups in total. The first kappa shape index (κ1) is 23.9. The van der Waals surface area contributed by atoms with Crippen molar-refractivity contribution in [1.82, 2.24) is 19.8 Å². The highest BCUT2D eigenvalue weighted by molar-refractivity contribution is 6.33. The molecule has 0 atom stereocenters. The van der Waals surface area contributed by atoms with Gasteiger partial charge in [0.1, 0.15) is 6.54 Å². The van der Waals surface area contributed by atoms with Crippen LogP contribution in [0.4, 0.5) is 5.95 Å². The van der Waals surface area contributed by atoms with E-state index in [0.29, 0.717) is 41.9 Å². The molecule has 0 bridgehead atoms. The van der Waals surface area contributed by atoms with E-state index in [4.69, 9.17) is 16.3 Å². The first-order chi connectivity index (χ1) is 18.0. The van der Waals surface area contributed by atoms with Crippen LogP contribution in [0.15, 0.2) is 48.7 Å². The molecule has 0 saturated carbocycles. The highest BCUT2D eigenvalue weighted by Gasteiger charge is 2.31. The summed E-state index contributed by atoms with van der Waals surface area (Å²) in [6.45, 7) is 3.18. The number of amides is 2. The van der Waals surface area contributed by atoms with Gasteiger partial charge in [0.15, 0.2) is 0 Å². The molecule has 2 amide bonds. The summed E-state index contributed by atoms with van der Waals surface area (Å²) in [5.74, 6) is 0.334. The summed E-state index contributed by atoms with van der Waals surface area (Å²) >= 11 is 6.46. The zero-order chi connectivity index (χ0) is 25.4. The average molecular weight is 518 g/mol. The van der Waals surface area contributed by atoms with Gasteiger partial charge in [-0.2, -0.15) is 0 Å². The molecule has 2 aromatic carbocycles. The van der Waals surface area contributed by atoms with Crippen molar-refractivity contribution in [3.05, 3.63) is 75.9 Å². The van der Waals surface area contributed by atoms with Crippen LogP contribution in [-0.4, -0.2) is 63.9 Å². The molecule has 3 aliphatic rings. The molecule has 4 heterocycles. The van der Waals surface area contributed by atoms with E-state index in [9.17, 15) is 9.59 Å². The van der Waals surface area contributed by atoms with Gasteiger partial charge in [-0.15, -0.1) is 0 Å². The predicted molar refractivity (Wildman–Crippen MR) is 140 cm³/mol. The Morgan fingerprint density at radius 2 is 1.89 bits per heavy atom. The molecule has 1 saturated heterocycles. The number of halogens is 1. The molecule has 3 aromatic rings. The maximum absolute atomic E-state index is 13.3. The zero-order valence-electron chi connectivity index (χ0n) is 20.5. The van der Waals surface area contributed by atoms with Gasteiger partial charge in [-0.1, -0.05) is 48.0 Å². The fourth-order valence-corrected chi connectivity index (χ4v) is 5.47. The normalized spacial score (nSPS) is 17.5. The number of ether oxygens (including phenoxy) is 1. The van der Waals surface area contributed by atoms with Gasteiger partial charge < -0.3 is 19.9 Å². The first-order valence-electron chi connectivity index (χ1n) is 12.7. The molecule has 0 aliphatic carbocycles.